The van der Waals surface area contributed by atoms with Gasteiger partial charge in [-0.3, -0.25) is 0 Å². The summed E-state index contributed by atoms with van der Waals surface area (Å²) in [7, 11) is -3.67. The topological polar surface area (TPSA) is 57.6 Å². The van der Waals surface area contributed by atoms with Gasteiger partial charge in [0.1, 0.15) is 0 Å². The van der Waals surface area contributed by atoms with Gasteiger partial charge in [0, 0.05) is 23.1 Å². The van der Waals surface area contributed by atoms with Crippen LogP contribution < -0.4 is 0 Å². The molecule has 1 aromatic carbocycles. The SMILES string of the molecule is CCN(CCO)S(=O)(=O)c1cc(Cl)c(C)c(Cl)c1. The van der Waals surface area contributed by atoms with Crippen LogP contribution in [0.1, 0.15) is 12.5 Å². The Morgan fingerprint density at radius 1 is 1.28 bits per heavy atom. The van der Waals surface area contributed by atoms with Crippen molar-refractivity contribution in [1.82, 2.24) is 4.31 Å². The van der Waals surface area contributed by atoms with E-state index in [0.717, 1.165) is 0 Å². The maximum absolute atomic E-state index is 12.3. The van der Waals surface area contributed by atoms with Crippen LogP contribution in [0.3, 0.4) is 0 Å². The maximum Gasteiger partial charge on any atom is 0.243 e. The van der Waals surface area contributed by atoms with E-state index in [1.807, 2.05) is 0 Å². The molecular weight excluding hydrogens is 297 g/mol. The Morgan fingerprint density at radius 3 is 2.17 bits per heavy atom. The molecule has 0 bridgehead atoms. The summed E-state index contributed by atoms with van der Waals surface area (Å²) in [5, 5.41) is 9.49. The Balaban J connectivity index is 3.28. The summed E-state index contributed by atoms with van der Waals surface area (Å²) in [5.41, 5.74) is 0.641. The highest BCUT2D eigenvalue weighted by molar-refractivity contribution is 7.89. The van der Waals surface area contributed by atoms with Crippen molar-refractivity contribution in [3.63, 3.8) is 0 Å². The van der Waals surface area contributed by atoms with E-state index in [2.05, 4.69) is 0 Å². The third kappa shape index (κ3) is 3.16. The van der Waals surface area contributed by atoms with Crippen LogP contribution in [-0.4, -0.2) is 37.5 Å². The van der Waals surface area contributed by atoms with Gasteiger partial charge in [0.2, 0.25) is 10.0 Å². The molecule has 0 aliphatic rings. The van der Waals surface area contributed by atoms with Gasteiger partial charge < -0.3 is 5.11 Å². The van der Waals surface area contributed by atoms with E-state index in [-0.39, 0.29) is 24.6 Å². The number of halogens is 2. The Morgan fingerprint density at radius 2 is 1.78 bits per heavy atom. The van der Waals surface area contributed by atoms with Crippen LogP contribution in [0.2, 0.25) is 10.0 Å². The van der Waals surface area contributed by atoms with E-state index in [1.54, 1.807) is 13.8 Å². The van der Waals surface area contributed by atoms with Crippen molar-refractivity contribution in [2.75, 3.05) is 19.7 Å². The van der Waals surface area contributed by atoms with Crippen LogP contribution in [-0.2, 0) is 10.0 Å². The molecule has 102 valence electrons. The van der Waals surface area contributed by atoms with Gasteiger partial charge in [0.15, 0.2) is 0 Å². The second-order valence-corrected chi connectivity index (χ2v) is 6.48. The largest absolute Gasteiger partial charge is 0.395 e. The van der Waals surface area contributed by atoms with Crippen LogP contribution in [0.5, 0.6) is 0 Å². The first-order valence-corrected chi connectivity index (χ1v) is 7.60. The predicted octanol–water partition coefficient (Wildman–Crippen LogP) is 2.30. The molecule has 1 rings (SSSR count). The van der Waals surface area contributed by atoms with E-state index in [4.69, 9.17) is 28.3 Å². The van der Waals surface area contributed by atoms with Crippen LogP contribution in [0.25, 0.3) is 0 Å². The minimum absolute atomic E-state index is 0.0402. The van der Waals surface area contributed by atoms with E-state index >= 15 is 0 Å². The average Bonchev–Trinajstić information content (AvgIpc) is 2.31. The summed E-state index contributed by atoms with van der Waals surface area (Å²) in [6.45, 7) is 3.49. The summed E-state index contributed by atoms with van der Waals surface area (Å²) in [6.07, 6.45) is 0. The number of nitrogens with zero attached hydrogens (tertiary/aromatic N) is 1. The van der Waals surface area contributed by atoms with E-state index < -0.39 is 10.0 Å². The molecule has 0 saturated heterocycles. The highest BCUT2D eigenvalue weighted by Crippen LogP contribution is 2.29. The fourth-order valence-corrected chi connectivity index (χ4v) is 3.59. The smallest absolute Gasteiger partial charge is 0.243 e. The number of hydrogen-bond donors (Lipinski definition) is 1. The minimum Gasteiger partial charge on any atom is -0.395 e. The summed E-state index contributed by atoms with van der Waals surface area (Å²) in [6, 6.07) is 2.75. The van der Waals surface area contributed by atoms with Crippen LogP contribution >= 0.6 is 23.2 Å². The number of likely N-dealkylation sites (N-methyl/N-ethyl adjacent to an activating group) is 1. The summed E-state index contributed by atoms with van der Waals surface area (Å²) >= 11 is 11.9. The van der Waals surface area contributed by atoms with E-state index in [1.165, 1.54) is 16.4 Å². The minimum atomic E-state index is -3.67. The van der Waals surface area contributed by atoms with Gasteiger partial charge >= 0.3 is 0 Å². The molecule has 1 aromatic rings. The quantitative estimate of drug-likeness (QED) is 0.907. The summed E-state index contributed by atoms with van der Waals surface area (Å²) in [4.78, 5) is 0.0402. The first kappa shape index (κ1) is 15.7. The third-order valence-corrected chi connectivity index (χ3v) is 5.33. The standard InChI is InChI=1S/C11H15Cl2NO3S/c1-3-14(4-5-15)18(16,17)9-6-10(12)8(2)11(13)7-9/h6-7,15H,3-5H2,1-2H3. The number of aliphatic hydroxyl groups is 1. The van der Waals surface area contributed by atoms with Gasteiger partial charge in [-0.25, -0.2) is 8.42 Å². The molecule has 0 fully saturated rings. The molecule has 18 heavy (non-hydrogen) atoms. The second-order valence-electron chi connectivity index (χ2n) is 3.73. The highest BCUT2D eigenvalue weighted by Gasteiger charge is 2.24. The number of rotatable bonds is 5. The summed E-state index contributed by atoms with van der Waals surface area (Å²) in [5.74, 6) is 0. The zero-order valence-electron chi connectivity index (χ0n) is 10.2. The van der Waals surface area contributed by atoms with Crippen molar-refractivity contribution >= 4 is 33.2 Å². The second kappa shape index (κ2) is 6.21. The molecule has 0 heterocycles. The van der Waals surface area contributed by atoms with E-state index in [9.17, 15) is 8.42 Å². The van der Waals surface area contributed by atoms with E-state index in [0.29, 0.717) is 15.6 Å². The van der Waals surface area contributed by atoms with Crippen molar-refractivity contribution in [3.05, 3.63) is 27.7 Å². The molecule has 0 aliphatic heterocycles. The molecular formula is C11H15Cl2NO3S. The fraction of sp³-hybridized carbons (Fsp3) is 0.455. The van der Waals surface area contributed by atoms with Gasteiger partial charge in [0.05, 0.1) is 11.5 Å². The number of benzene rings is 1. The van der Waals surface area contributed by atoms with Crippen molar-refractivity contribution in [3.8, 4) is 0 Å². The van der Waals surface area contributed by atoms with Crippen molar-refractivity contribution in [2.24, 2.45) is 0 Å². The predicted molar refractivity (Wildman–Crippen MR) is 72.7 cm³/mol. The van der Waals surface area contributed by atoms with Crippen molar-refractivity contribution in [2.45, 2.75) is 18.7 Å². The maximum atomic E-state index is 12.3. The molecule has 0 unspecified atom stereocenters. The van der Waals surface area contributed by atoms with Gasteiger partial charge in [-0.05, 0) is 24.6 Å². The Bertz CT molecular complexity index is 508. The first-order valence-electron chi connectivity index (χ1n) is 5.41. The van der Waals surface area contributed by atoms with Gasteiger partial charge in [-0.1, -0.05) is 30.1 Å². The van der Waals surface area contributed by atoms with Crippen LogP contribution in [0, 0.1) is 6.92 Å². The van der Waals surface area contributed by atoms with Crippen molar-refractivity contribution < 1.29 is 13.5 Å². The molecule has 4 nitrogen and oxygen atoms in total. The molecule has 0 aromatic heterocycles. The molecule has 0 amide bonds. The van der Waals surface area contributed by atoms with Gasteiger partial charge in [0.25, 0.3) is 0 Å². The first-order chi connectivity index (χ1) is 8.34. The third-order valence-electron chi connectivity index (χ3n) is 2.59. The molecule has 1 N–H and O–H groups in total. The lowest BCUT2D eigenvalue weighted by atomic mass is 10.2. The lowest BCUT2D eigenvalue weighted by Gasteiger charge is -2.20. The van der Waals surface area contributed by atoms with Crippen LogP contribution in [0.15, 0.2) is 17.0 Å². The normalized spacial score (nSPS) is 12.1. The van der Waals surface area contributed by atoms with Gasteiger partial charge in [-0.15, -0.1) is 0 Å². The number of aliphatic hydroxyl groups excluding tert-OH is 1. The lowest BCUT2D eigenvalue weighted by molar-refractivity contribution is 0.257. The van der Waals surface area contributed by atoms with Crippen LogP contribution in [0.4, 0.5) is 0 Å². The molecule has 0 aliphatic carbocycles. The Labute approximate surface area is 117 Å². The molecule has 0 spiro atoms. The number of sulfonamides is 1. The summed E-state index contributed by atoms with van der Waals surface area (Å²) < 4.78 is 25.7. The average molecular weight is 312 g/mol. The zero-order chi connectivity index (χ0) is 13.9. The van der Waals surface area contributed by atoms with Gasteiger partial charge in [-0.2, -0.15) is 4.31 Å². The molecule has 0 atom stereocenters. The molecule has 0 saturated carbocycles. The molecule has 7 heteroatoms. The number of hydrogen-bond acceptors (Lipinski definition) is 3. The monoisotopic (exact) mass is 311 g/mol. The Kier molecular flexibility index (Phi) is 5.43. The fourth-order valence-electron chi connectivity index (χ4n) is 1.48. The zero-order valence-corrected chi connectivity index (χ0v) is 12.5. The molecule has 0 radical (unpaired) electrons. The highest BCUT2D eigenvalue weighted by atomic mass is 35.5. The Hall–Kier alpha value is -0.330. The lowest BCUT2D eigenvalue weighted by Crippen LogP contribution is -2.33. The van der Waals surface area contributed by atoms with Crippen molar-refractivity contribution in [1.29, 1.82) is 0 Å².